The fourth-order valence-corrected chi connectivity index (χ4v) is 9.71. The normalized spacial score (nSPS) is 14.2. The lowest BCUT2D eigenvalue weighted by Crippen LogP contribution is -2.45. The summed E-state index contributed by atoms with van der Waals surface area (Å²) in [7, 11) is 1.55. The quantitative estimate of drug-likeness (QED) is 0.0243. The number of likely N-dealkylation sites (N-methyl/N-ethyl adjacent to an activating group) is 1. The smallest absolute Gasteiger partial charge is 0.387 e. The van der Waals surface area contributed by atoms with Gasteiger partial charge in [0.1, 0.15) is 13.2 Å². The number of aliphatic hydroxyl groups is 1. The average molecular weight is 1020 g/mol. The Morgan fingerprint density at radius 3 is 1.23 bits per heavy atom. The van der Waals surface area contributed by atoms with Crippen LogP contribution in [-0.2, 0) is 18.4 Å². The van der Waals surface area contributed by atoms with Gasteiger partial charge in [-0.1, -0.05) is 268 Å². The van der Waals surface area contributed by atoms with Crippen LogP contribution in [0.25, 0.3) is 0 Å². The van der Waals surface area contributed by atoms with E-state index in [1.807, 2.05) is 27.2 Å². The SMILES string of the molecule is CCCCCC/C=C\C/C=C\CCCCCCCCCC(=O)NC(COP(=O)(O)OCC[N+](C)(C)C)C(O)/C=C/CC/C=C/CCCCCCCCCCCCCCCCCCCCCCCCCCC. The third-order valence-electron chi connectivity index (χ3n) is 13.8. The number of amides is 1. The monoisotopic (exact) mass is 1020 g/mol. The standard InChI is InChI=1S/C62H119N2O6P/c1-6-8-10-12-14-16-18-20-22-24-26-27-28-29-30-31-32-33-34-35-36-37-38-39-41-43-45-47-49-51-53-55-61(65)60(59-70-71(67,68)69-58-57-64(3,4)5)63-62(66)56-54-52-50-48-46-44-42-40-25-23-21-19-17-15-13-11-9-7-2/h17,19,23,25,45,47,53,55,60-61,65H,6-16,18,20-22,24,26-44,46,48-52,54,56-59H2,1-5H3,(H-,63,66,67,68)/p+1/b19-17-,25-23-,47-45+,55-53+. The summed E-state index contributed by atoms with van der Waals surface area (Å²) >= 11 is 0. The summed E-state index contributed by atoms with van der Waals surface area (Å²) in [5, 5.41) is 13.9. The van der Waals surface area contributed by atoms with Gasteiger partial charge in [-0.3, -0.25) is 13.8 Å². The van der Waals surface area contributed by atoms with Gasteiger partial charge in [0.15, 0.2) is 0 Å². The van der Waals surface area contributed by atoms with E-state index in [4.69, 9.17) is 9.05 Å². The molecule has 3 atom stereocenters. The molecule has 0 bridgehead atoms. The molecule has 0 radical (unpaired) electrons. The van der Waals surface area contributed by atoms with E-state index in [2.05, 4.69) is 55.6 Å². The highest BCUT2D eigenvalue weighted by molar-refractivity contribution is 7.47. The van der Waals surface area contributed by atoms with Crippen molar-refractivity contribution in [3.05, 3.63) is 48.6 Å². The molecule has 0 aliphatic carbocycles. The Hall–Kier alpha value is -1.54. The van der Waals surface area contributed by atoms with Gasteiger partial charge in [0.05, 0.1) is 39.9 Å². The third kappa shape index (κ3) is 56.0. The summed E-state index contributed by atoms with van der Waals surface area (Å²) in [6.07, 6.45) is 70.9. The lowest BCUT2D eigenvalue weighted by Gasteiger charge is -2.25. The van der Waals surface area contributed by atoms with Crippen molar-refractivity contribution < 1.29 is 32.9 Å². The topological polar surface area (TPSA) is 105 Å². The fourth-order valence-electron chi connectivity index (χ4n) is 8.97. The molecule has 9 heteroatoms. The third-order valence-corrected chi connectivity index (χ3v) is 14.8. The zero-order valence-electron chi connectivity index (χ0n) is 47.7. The number of aliphatic hydroxyl groups excluding tert-OH is 1. The van der Waals surface area contributed by atoms with Crippen molar-refractivity contribution in [3.63, 3.8) is 0 Å². The molecule has 0 spiro atoms. The molecule has 0 fully saturated rings. The number of rotatable bonds is 56. The number of carbonyl (C=O) groups excluding carboxylic acids is 1. The van der Waals surface area contributed by atoms with E-state index in [1.54, 1.807) is 6.08 Å². The van der Waals surface area contributed by atoms with Crippen LogP contribution in [0.5, 0.6) is 0 Å². The largest absolute Gasteiger partial charge is 0.472 e. The molecular formula is C62H120N2O6P+. The second kappa shape index (κ2) is 53.3. The molecule has 71 heavy (non-hydrogen) atoms. The lowest BCUT2D eigenvalue weighted by molar-refractivity contribution is -0.870. The van der Waals surface area contributed by atoms with Crippen LogP contribution in [0.3, 0.4) is 0 Å². The van der Waals surface area contributed by atoms with Crippen molar-refractivity contribution in [2.24, 2.45) is 0 Å². The summed E-state index contributed by atoms with van der Waals surface area (Å²) in [6, 6.07) is -0.870. The minimum absolute atomic E-state index is 0.0538. The summed E-state index contributed by atoms with van der Waals surface area (Å²) < 4.78 is 23.7. The molecule has 0 aliphatic rings. The Kier molecular flexibility index (Phi) is 52.1. The molecule has 0 saturated carbocycles. The average Bonchev–Trinajstić information content (AvgIpc) is 3.33. The van der Waals surface area contributed by atoms with E-state index in [0.717, 1.165) is 51.4 Å². The number of allylic oxidation sites excluding steroid dienone is 7. The number of phosphoric ester groups is 1. The van der Waals surface area contributed by atoms with E-state index < -0.39 is 20.0 Å². The molecule has 0 rings (SSSR count). The molecular weight excluding hydrogens is 900 g/mol. The first-order chi connectivity index (χ1) is 34.5. The highest BCUT2D eigenvalue weighted by atomic mass is 31.2. The van der Waals surface area contributed by atoms with Crippen LogP contribution in [0, 0.1) is 0 Å². The van der Waals surface area contributed by atoms with Crippen LogP contribution in [0.4, 0.5) is 0 Å². The maximum atomic E-state index is 13.0. The molecule has 418 valence electrons. The minimum atomic E-state index is -4.36. The molecule has 1 amide bonds. The van der Waals surface area contributed by atoms with Gasteiger partial charge in [0.2, 0.25) is 5.91 Å². The summed E-state index contributed by atoms with van der Waals surface area (Å²) in [5.41, 5.74) is 0. The van der Waals surface area contributed by atoms with Crippen LogP contribution >= 0.6 is 7.82 Å². The van der Waals surface area contributed by atoms with Crippen molar-refractivity contribution >= 4 is 13.7 Å². The number of hydrogen-bond acceptors (Lipinski definition) is 5. The maximum absolute atomic E-state index is 13.0. The molecule has 0 aromatic rings. The number of unbranched alkanes of at least 4 members (excludes halogenated alkanes) is 37. The highest BCUT2D eigenvalue weighted by Gasteiger charge is 2.27. The molecule has 8 nitrogen and oxygen atoms in total. The van der Waals surface area contributed by atoms with Gasteiger partial charge >= 0.3 is 7.82 Å². The van der Waals surface area contributed by atoms with E-state index in [0.29, 0.717) is 17.4 Å². The van der Waals surface area contributed by atoms with E-state index >= 15 is 0 Å². The first kappa shape index (κ1) is 69.5. The summed E-state index contributed by atoms with van der Waals surface area (Å²) in [4.78, 5) is 23.3. The zero-order valence-corrected chi connectivity index (χ0v) is 48.6. The number of phosphoric acid groups is 1. The van der Waals surface area contributed by atoms with Gasteiger partial charge in [-0.25, -0.2) is 4.57 Å². The molecule has 0 aliphatic heterocycles. The minimum Gasteiger partial charge on any atom is -0.387 e. The number of quaternary nitrogens is 1. The number of carbonyl (C=O) groups is 1. The van der Waals surface area contributed by atoms with Crippen molar-refractivity contribution in [1.82, 2.24) is 5.32 Å². The van der Waals surface area contributed by atoms with Crippen LogP contribution < -0.4 is 5.32 Å². The van der Waals surface area contributed by atoms with Gasteiger partial charge in [-0.2, -0.15) is 0 Å². The van der Waals surface area contributed by atoms with Crippen LogP contribution in [-0.4, -0.2) is 73.4 Å². The molecule has 3 N–H and O–H groups in total. The van der Waals surface area contributed by atoms with Gasteiger partial charge in [0, 0.05) is 6.42 Å². The second-order valence-electron chi connectivity index (χ2n) is 22.1. The van der Waals surface area contributed by atoms with Crippen LogP contribution in [0.15, 0.2) is 48.6 Å². The van der Waals surface area contributed by atoms with Gasteiger partial charge in [0.25, 0.3) is 0 Å². The summed E-state index contributed by atoms with van der Waals surface area (Å²) in [6.45, 7) is 4.80. The first-order valence-corrected chi connectivity index (χ1v) is 32.0. The van der Waals surface area contributed by atoms with Gasteiger partial charge in [-0.05, 0) is 64.2 Å². The van der Waals surface area contributed by atoms with Gasteiger partial charge < -0.3 is 19.8 Å². The van der Waals surface area contributed by atoms with Crippen molar-refractivity contribution in [2.45, 2.75) is 302 Å². The van der Waals surface area contributed by atoms with Gasteiger partial charge in [-0.15, -0.1) is 0 Å². The molecule has 0 aromatic carbocycles. The number of hydrogen-bond donors (Lipinski definition) is 3. The predicted octanol–water partition coefficient (Wildman–Crippen LogP) is 18.7. The summed E-state index contributed by atoms with van der Waals surface area (Å²) in [5.74, 6) is -0.193. The predicted molar refractivity (Wildman–Crippen MR) is 309 cm³/mol. The molecule has 0 saturated heterocycles. The second-order valence-corrected chi connectivity index (χ2v) is 23.5. The van der Waals surface area contributed by atoms with E-state index in [1.165, 1.54) is 218 Å². The van der Waals surface area contributed by atoms with E-state index in [9.17, 15) is 19.4 Å². The Bertz CT molecular complexity index is 1290. The van der Waals surface area contributed by atoms with E-state index in [-0.39, 0.29) is 19.1 Å². The van der Waals surface area contributed by atoms with Crippen molar-refractivity contribution in [3.8, 4) is 0 Å². The lowest BCUT2D eigenvalue weighted by atomic mass is 10.0. The maximum Gasteiger partial charge on any atom is 0.472 e. The molecule has 0 heterocycles. The Labute approximate surface area is 441 Å². The Balaban J connectivity index is 4.16. The number of nitrogens with zero attached hydrogens (tertiary/aromatic N) is 1. The molecule has 3 unspecified atom stereocenters. The first-order valence-electron chi connectivity index (χ1n) is 30.5. The van der Waals surface area contributed by atoms with Crippen LogP contribution in [0.1, 0.15) is 290 Å². The zero-order chi connectivity index (χ0) is 52.0. The Morgan fingerprint density at radius 1 is 0.479 bits per heavy atom. The van der Waals surface area contributed by atoms with Crippen molar-refractivity contribution in [2.75, 3.05) is 40.9 Å². The highest BCUT2D eigenvalue weighted by Crippen LogP contribution is 2.43. The van der Waals surface area contributed by atoms with Crippen LogP contribution in [0.2, 0.25) is 0 Å². The fraction of sp³-hybridized carbons (Fsp3) is 0.855. The number of nitrogens with one attached hydrogen (secondary N) is 1. The van der Waals surface area contributed by atoms with Crippen molar-refractivity contribution in [1.29, 1.82) is 0 Å². The molecule has 0 aromatic heterocycles. The Morgan fingerprint density at radius 2 is 0.817 bits per heavy atom.